The lowest BCUT2D eigenvalue weighted by Gasteiger charge is -1.98. The van der Waals surface area contributed by atoms with E-state index in [0.29, 0.717) is 12.1 Å². The summed E-state index contributed by atoms with van der Waals surface area (Å²) in [5, 5.41) is 8.59. The van der Waals surface area contributed by atoms with E-state index in [4.69, 9.17) is 10.8 Å². The van der Waals surface area contributed by atoms with Gasteiger partial charge in [0, 0.05) is 18.9 Å². The van der Waals surface area contributed by atoms with Crippen LogP contribution in [0, 0.1) is 0 Å². The minimum Gasteiger partial charge on any atom is -0.478 e. The molecule has 0 radical (unpaired) electrons. The first-order chi connectivity index (χ1) is 5.74. The van der Waals surface area contributed by atoms with Gasteiger partial charge in [-0.05, 0) is 19.0 Å². The van der Waals surface area contributed by atoms with Gasteiger partial charge in [0.25, 0.3) is 0 Å². The molecule has 0 saturated heterocycles. The highest BCUT2D eigenvalue weighted by molar-refractivity contribution is 5.87. The highest BCUT2D eigenvalue weighted by Crippen LogP contribution is 2.01. The van der Waals surface area contributed by atoms with E-state index < -0.39 is 5.97 Å². The Morgan fingerprint density at radius 3 is 2.92 bits per heavy atom. The standard InChI is InChI=1S/C8H12N2O2/c9-3-1-4-10-5-2-7(6-10)8(11)12/h2,5-6H,1,3-4,9H2,(H,11,12). The smallest absolute Gasteiger partial charge is 0.337 e. The zero-order chi connectivity index (χ0) is 8.97. The van der Waals surface area contributed by atoms with Gasteiger partial charge in [-0.2, -0.15) is 0 Å². The van der Waals surface area contributed by atoms with Crippen molar-refractivity contribution in [3.8, 4) is 0 Å². The molecule has 0 bridgehead atoms. The highest BCUT2D eigenvalue weighted by Gasteiger charge is 2.02. The first-order valence-corrected chi connectivity index (χ1v) is 3.83. The van der Waals surface area contributed by atoms with Crippen molar-refractivity contribution in [3.63, 3.8) is 0 Å². The largest absolute Gasteiger partial charge is 0.478 e. The van der Waals surface area contributed by atoms with Crippen molar-refractivity contribution in [2.24, 2.45) is 5.73 Å². The lowest BCUT2D eigenvalue weighted by molar-refractivity contribution is 0.0697. The number of hydrogen-bond donors (Lipinski definition) is 2. The summed E-state index contributed by atoms with van der Waals surface area (Å²) in [6.07, 6.45) is 4.23. The third-order valence-corrected chi connectivity index (χ3v) is 1.62. The SMILES string of the molecule is NCCCn1ccc(C(=O)O)c1. The number of rotatable bonds is 4. The van der Waals surface area contributed by atoms with Crippen molar-refractivity contribution in [2.75, 3.05) is 6.54 Å². The van der Waals surface area contributed by atoms with E-state index in [1.807, 2.05) is 4.57 Å². The Labute approximate surface area is 70.6 Å². The van der Waals surface area contributed by atoms with Crippen LogP contribution in [0.4, 0.5) is 0 Å². The molecule has 1 rings (SSSR count). The van der Waals surface area contributed by atoms with Gasteiger partial charge in [0.05, 0.1) is 5.56 Å². The number of aryl methyl sites for hydroxylation is 1. The second-order valence-electron chi connectivity index (χ2n) is 2.59. The molecule has 0 aliphatic rings. The van der Waals surface area contributed by atoms with E-state index in [9.17, 15) is 4.79 Å². The molecule has 12 heavy (non-hydrogen) atoms. The maximum Gasteiger partial charge on any atom is 0.337 e. The minimum atomic E-state index is -0.888. The van der Waals surface area contributed by atoms with Crippen molar-refractivity contribution in [2.45, 2.75) is 13.0 Å². The van der Waals surface area contributed by atoms with Gasteiger partial charge in [0.1, 0.15) is 0 Å². The normalized spacial score (nSPS) is 10.1. The van der Waals surface area contributed by atoms with Crippen LogP contribution in [0.15, 0.2) is 18.5 Å². The lowest BCUT2D eigenvalue weighted by atomic mass is 10.3. The van der Waals surface area contributed by atoms with E-state index in [1.165, 1.54) is 0 Å². The summed E-state index contributed by atoms with van der Waals surface area (Å²) in [5.74, 6) is -0.888. The summed E-state index contributed by atoms with van der Waals surface area (Å²) < 4.78 is 1.83. The quantitative estimate of drug-likeness (QED) is 0.689. The van der Waals surface area contributed by atoms with Gasteiger partial charge in [-0.3, -0.25) is 0 Å². The Hall–Kier alpha value is -1.29. The molecule has 0 aromatic carbocycles. The van der Waals surface area contributed by atoms with Crippen LogP contribution in [0.25, 0.3) is 0 Å². The number of nitrogens with zero attached hydrogens (tertiary/aromatic N) is 1. The summed E-state index contributed by atoms with van der Waals surface area (Å²) in [6, 6.07) is 1.58. The van der Waals surface area contributed by atoms with Crippen molar-refractivity contribution < 1.29 is 9.90 Å². The van der Waals surface area contributed by atoms with Crippen LogP contribution in [0.1, 0.15) is 16.8 Å². The Balaban J connectivity index is 2.58. The lowest BCUT2D eigenvalue weighted by Crippen LogP contribution is -2.04. The van der Waals surface area contributed by atoms with Crippen LogP contribution < -0.4 is 5.73 Å². The van der Waals surface area contributed by atoms with Crippen LogP contribution in [0.5, 0.6) is 0 Å². The molecule has 0 atom stereocenters. The molecule has 0 amide bonds. The van der Waals surface area contributed by atoms with Crippen LogP contribution in [-0.2, 0) is 6.54 Å². The fraction of sp³-hybridized carbons (Fsp3) is 0.375. The van der Waals surface area contributed by atoms with E-state index in [-0.39, 0.29) is 0 Å². The molecule has 0 unspecified atom stereocenters. The predicted octanol–water partition coefficient (Wildman–Crippen LogP) is 0.535. The molecular weight excluding hydrogens is 156 g/mol. The van der Waals surface area contributed by atoms with Crippen LogP contribution in [0.2, 0.25) is 0 Å². The molecule has 0 aliphatic carbocycles. The molecule has 4 nitrogen and oxygen atoms in total. The monoisotopic (exact) mass is 168 g/mol. The molecule has 0 saturated carbocycles. The summed E-state index contributed by atoms with van der Waals surface area (Å²) in [4.78, 5) is 10.5. The van der Waals surface area contributed by atoms with Gasteiger partial charge in [-0.15, -0.1) is 0 Å². The summed E-state index contributed by atoms with van der Waals surface area (Å²) in [5.41, 5.74) is 5.64. The van der Waals surface area contributed by atoms with E-state index in [1.54, 1.807) is 18.5 Å². The van der Waals surface area contributed by atoms with Crippen LogP contribution in [-0.4, -0.2) is 22.2 Å². The molecule has 0 spiro atoms. The molecular formula is C8H12N2O2. The van der Waals surface area contributed by atoms with E-state index in [0.717, 1.165) is 13.0 Å². The highest BCUT2D eigenvalue weighted by atomic mass is 16.4. The van der Waals surface area contributed by atoms with Gasteiger partial charge in [0.2, 0.25) is 0 Å². The molecule has 0 aliphatic heterocycles. The zero-order valence-electron chi connectivity index (χ0n) is 6.73. The van der Waals surface area contributed by atoms with Crippen LogP contribution in [0.3, 0.4) is 0 Å². The predicted molar refractivity (Wildman–Crippen MR) is 45.1 cm³/mol. The number of carboxylic acids is 1. The van der Waals surface area contributed by atoms with E-state index in [2.05, 4.69) is 0 Å². The van der Waals surface area contributed by atoms with Crippen LogP contribution >= 0.6 is 0 Å². The Bertz CT molecular complexity index is 268. The first kappa shape index (κ1) is 8.80. The third-order valence-electron chi connectivity index (χ3n) is 1.62. The molecule has 1 heterocycles. The summed E-state index contributed by atoms with van der Waals surface area (Å²) in [6.45, 7) is 1.41. The summed E-state index contributed by atoms with van der Waals surface area (Å²) in [7, 11) is 0. The second-order valence-corrected chi connectivity index (χ2v) is 2.59. The third kappa shape index (κ3) is 2.10. The second kappa shape index (κ2) is 3.92. The minimum absolute atomic E-state index is 0.326. The maximum atomic E-state index is 10.5. The Kier molecular flexibility index (Phi) is 2.88. The van der Waals surface area contributed by atoms with E-state index >= 15 is 0 Å². The molecule has 3 N–H and O–H groups in total. The number of aromatic carboxylic acids is 1. The number of aromatic nitrogens is 1. The van der Waals surface area contributed by atoms with Gasteiger partial charge >= 0.3 is 5.97 Å². The fourth-order valence-electron chi connectivity index (χ4n) is 0.980. The average Bonchev–Trinajstić information content (AvgIpc) is 2.48. The summed E-state index contributed by atoms with van der Waals surface area (Å²) >= 11 is 0. The average molecular weight is 168 g/mol. The Morgan fingerprint density at radius 2 is 2.42 bits per heavy atom. The van der Waals surface area contributed by atoms with Crippen molar-refractivity contribution in [1.29, 1.82) is 0 Å². The maximum absolute atomic E-state index is 10.5. The van der Waals surface area contributed by atoms with Crippen molar-refractivity contribution >= 4 is 5.97 Å². The number of carboxylic acid groups (broad SMARTS) is 1. The molecule has 1 aromatic rings. The molecule has 0 fully saturated rings. The fourth-order valence-corrected chi connectivity index (χ4v) is 0.980. The van der Waals surface area contributed by atoms with Crippen molar-refractivity contribution in [1.82, 2.24) is 4.57 Å². The molecule has 66 valence electrons. The number of carbonyl (C=O) groups is 1. The van der Waals surface area contributed by atoms with Gasteiger partial charge in [-0.1, -0.05) is 0 Å². The molecule has 1 aromatic heterocycles. The number of hydrogen-bond acceptors (Lipinski definition) is 2. The molecule has 4 heteroatoms. The van der Waals surface area contributed by atoms with Gasteiger partial charge in [-0.25, -0.2) is 4.79 Å². The zero-order valence-corrected chi connectivity index (χ0v) is 6.73. The number of nitrogens with two attached hydrogens (primary N) is 1. The van der Waals surface area contributed by atoms with Gasteiger partial charge in [0.15, 0.2) is 0 Å². The van der Waals surface area contributed by atoms with Crippen molar-refractivity contribution in [3.05, 3.63) is 24.0 Å². The first-order valence-electron chi connectivity index (χ1n) is 3.83. The topological polar surface area (TPSA) is 68.2 Å². The Morgan fingerprint density at radius 1 is 1.67 bits per heavy atom. The van der Waals surface area contributed by atoms with Gasteiger partial charge < -0.3 is 15.4 Å².